The smallest absolute Gasteiger partial charge is 0.353 e. The van der Waals surface area contributed by atoms with Gasteiger partial charge in [-0.3, -0.25) is 28.8 Å². The number of rotatable bonds is 11. The lowest BCUT2D eigenvalue weighted by atomic mass is 9.69. The molecule has 2 saturated carbocycles. The van der Waals surface area contributed by atoms with Crippen LogP contribution in [0.15, 0.2) is 23.1 Å². The number of pyridine rings is 1. The minimum Gasteiger partial charge on any atom is -0.353 e. The molecular formula is C30H37F3N6O6S. The Morgan fingerprint density at radius 2 is 1.87 bits per heavy atom. The van der Waals surface area contributed by atoms with E-state index in [0.717, 1.165) is 23.8 Å². The van der Waals surface area contributed by atoms with Gasteiger partial charge in [0.25, 0.3) is 17.4 Å². The number of amides is 4. The van der Waals surface area contributed by atoms with Crippen molar-refractivity contribution in [2.45, 2.75) is 84.6 Å². The second-order valence-corrected chi connectivity index (χ2v) is 13.6. The Hall–Kier alpha value is -4.08. The Morgan fingerprint density at radius 3 is 2.43 bits per heavy atom. The van der Waals surface area contributed by atoms with Crippen molar-refractivity contribution in [3.8, 4) is 0 Å². The molecule has 4 amide bonds. The third-order valence-corrected chi connectivity index (χ3v) is 10.9. The van der Waals surface area contributed by atoms with Crippen LogP contribution in [0.5, 0.6) is 0 Å². The number of aromatic nitrogens is 2. The standard InChI is InChI=1S/C30H37F3N6O6S/c1-15-22(46-27(35-15)30(31,32)33)25(44)36-17(8-9-19(40)24(43)34-5)23(42)37-18-7-6-12-39(26(18)45)14-21(41)38-20-13-16-10-11-29(20,4)28(16,2)3/h6-7,12,16-17,20H,8-11,13-14H2,1-5H3,(H,34,43)(H,36,44)(H,37,42)(H,38,41)/t16?,17-,20?,29-/m0/s1. The summed E-state index contributed by atoms with van der Waals surface area (Å²) in [6.45, 7) is 7.50. The zero-order valence-corrected chi connectivity index (χ0v) is 26.9. The fourth-order valence-corrected chi connectivity index (χ4v) is 7.38. The molecule has 0 aromatic carbocycles. The quantitative estimate of drug-likeness (QED) is 0.268. The predicted octanol–water partition coefficient (Wildman–Crippen LogP) is 2.80. The first-order valence-corrected chi connectivity index (χ1v) is 15.6. The summed E-state index contributed by atoms with van der Waals surface area (Å²) < 4.78 is 40.6. The van der Waals surface area contributed by atoms with E-state index in [-0.39, 0.29) is 52.0 Å². The summed E-state index contributed by atoms with van der Waals surface area (Å²) in [5.74, 6) is -3.73. The molecule has 12 nitrogen and oxygen atoms in total. The number of Topliss-reactive ketones (excluding diaryl/α,β-unsaturated/α-hetero) is 1. The molecule has 2 unspecified atom stereocenters. The summed E-state index contributed by atoms with van der Waals surface area (Å²) in [6, 6.07) is 1.15. The number of nitrogens with one attached hydrogen (secondary N) is 4. The Kier molecular flexibility index (Phi) is 9.80. The van der Waals surface area contributed by atoms with Gasteiger partial charge >= 0.3 is 6.18 Å². The first-order valence-electron chi connectivity index (χ1n) is 14.8. The molecule has 0 spiro atoms. The van der Waals surface area contributed by atoms with Crippen molar-refractivity contribution in [3.05, 3.63) is 44.3 Å². The van der Waals surface area contributed by atoms with Gasteiger partial charge in [0, 0.05) is 25.7 Å². The van der Waals surface area contributed by atoms with Crippen LogP contribution in [0, 0.1) is 23.7 Å². The van der Waals surface area contributed by atoms with Crippen molar-refractivity contribution in [2.75, 3.05) is 12.4 Å². The lowest BCUT2D eigenvalue weighted by molar-refractivity contribution is -0.137. The highest BCUT2D eigenvalue weighted by molar-refractivity contribution is 7.13. The van der Waals surface area contributed by atoms with Crippen molar-refractivity contribution in [1.82, 2.24) is 25.5 Å². The summed E-state index contributed by atoms with van der Waals surface area (Å²) in [4.78, 5) is 79.3. The largest absolute Gasteiger partial charge is 0.443 e. The van der Waals surface area contributed by atoms with Crippen molar-refractivity contribution in [3.63, 3.8) is 0 Å². The van der Waals surface area contributed by atoms with E-state index in [2.05, 4.69) is 47.0 Å². The molecule has 2 fully saturated rings. The van der Waals surface area contributed by atoms with Crippen LogP contribution >= 0.6 is 11.3 Å². The lowest BCUT2D eigenvalue weighted by Gasteiger charge is -2.39. The number of carbonyl (C=O) groups is 5. The molecule has 2 aliphatic carbocycles. The van der Waals surface area contributed by atoms with Crippen molar-refractivity contribution >= 4 is 46.4 Å². The van der Waals surface area contributed by atoms with Crippen molar-refractivity contribution in [1.29, 1.82) is 0 Å². The Morgan fingerprint density at radius 1 is 1.17 bits per heavy atom. The van der Waals surface area contributed by atoms with Gasteiger partial charge in [0.15, 0.2) is 5.01 Å². The number of ketones is 1. The van der Waals surface area contributed by atoms with E-state index >= 15 is 0 Å². The maximum absolute atomic E-state index is 13.3. The number of nitrogens with zero attached hydrogens (tertiary/aromatic N) is 2. The number of fused-ring (bicyclic) bond motifs is 2. The van der Waals surface area contributed by atoms with Gasteiger partial charge in [-0.05, 0) is 61.5 Å². The molecule has 4 N–H and O–H groups in total. The molecule has 4 atom stereocenters. The van der Waals surface area contributed by atoms with Crippen LogP contribution in [0.1, 0.15) is 73.2 Å². The number of thiazole rings is 1. The van der Waals surface area contributed by atoms with Gasteiger partial charge in [-0.15, -0.1) is 11.3 Å². The van der Waals surface area contributed by atoms with Gasteiger partial charge in [0.05, 0.1) is 5.69 Å². The fourth-order valence-electron chi connectivity index (χ4n) is 6.54. The summed E-state index contributed by atoms with van der Waals surface area (Å²) in [6.07, 6.45) is -1.35. The molecule has 2 aromatic rings. The zero-order chi connectivity index (χ0) is 34.2. The minimum absolute atomic E-state index is 0.0383. The number of carbonyl (C=O) groups excluding carboxylic acids is 5. The molecule has 4 rings (SSSR count). The van der Waals surface area contributed by atoms with Crippen LogP contribution in [-0.4, -0.2) is 58.1 Å². The summed E-state index contributed by atoms with van der Waals surface area (Å²) in [5, 5.41) is 8.66. The summed E-state index contributed by atoms with van der Waals surface area (Å²) in [5.41, 5.74) is -1.17. The second kappa shape index (κ2) is 13.0. The molecule has 16 heteroatoms. The number of halogens is 3. The SMILES string of the molecule is CNC(=O)C(=O)CC[C@H](NC(=O)c1sc(C(F)(F)F)nc1C)C(=O)Nc1cccn(CC(=O)NC2CC3CC[C@]2(C)C3(C)C)c1=O. The number of anilines is 1. The molecule has 2 aromatic heterocycles. The second-order valence-electron chi connectivity index (χ2n) is 12.6. The van der Waals surface area contributed by atoms with Gasteiger partial charge < -0.3 is 25.8 Å². The van der Waals surface area contributed by atoms with E-state index in [1.807, 2.05) is 0 Å². The molecule has 2 aliphatic rings. The van der Waals surface area contributed by atoms with E-state index in [4.69, 9.17) is 0 Å². The monoisotopic (exact) mass is 666 g/mol. The zero-order valence-electron chi connectivity index (χ0n) is 26.1. The average molecular weight is 667 g/mol. The molecule has 46 heavy (non-hydrogen) atoms. The van der Waals surface area contributed by atoms with Crippen LogP contribution < -0.4 is 26.8 Å². The minimum atomic E-state index is -4.79. The summed E-state index contributed by atoms with van der Waals surface area (Å²) in [7, 11) is 1.23. The molecule has 2 heterocycles. The van der Waals surface area contributed by atoms with Crippen LogP contribution in [0.2, 0.25) is 0 Å². The summed E-state index contributed by atoms with van der Waals surface area (Å²) >= 11 is 0.0876. The van der Waals surface area contributed by atoms with Gasteiger partial charge in [0.2, 0.25) is 17.6 Å². The van der Waals surface area contributed by atoms with E-state index in [9.17, 15) is 41.9 Å². The van der Waals surface area contributed by atoms with Gasteiger partial charge in [0.1, 0.15) is 23.2 Å². The number of hydrogen-bond acceptors (Lipinski definition) is 8. The highest BCUT2D eigenvalue weighted by Crippen LogP contribution is 2.65. The maximum atomic E-state index is 13.3. The van der Waals surface area contributed by atoms with Crippen LogP contribution in [0.25, 0.3) is 0 Å². The normalized spacial score (nSPS) is 22.2. The van der Waals surface area contributed by atoms with Gasteiger partial charge in [-0.25, -0.2) is 4.98 Å². The Balaban J connectivity index is 1.48. The van der Waals surface area contributed by atoms with E-state index in [0.29, 0.717) is 5.92 Å². The molecule has 0 aliphatic heterocycles. The van der Waals surface area contributed by atoms with Crippen LogP contribution in [0.4, 0.5) is 18.9 Å². The van der Waals surface area contributed by atoms with Crippen molar-refractivity contribution < 1.29 is 37.1 Å². The third kappa shape index (κ3) is 6.86. The third-order valence-electron chi connectivity index (χ3n) is 9.73. The first-order chi connectivity index (χ1) is 21.4. The molecule has 250 valence electrons. The van der Waals surface area contributed by atoms with Gasteiger partial charge in [-0.2, -0.15) is 13.2 Å². The highest BCUT2D eigenvalue weighted by Gasteiger charge is 2.61. The number of hydrogen-bond donors (Lipinski definition) is 4. The molecule has 0 radical (unpaired) electrons. The van der Waals surface area contributed by atoms with Crippen LogP contribution in [0.3, 0.4) is 0 Å². The van der Waals surface area contributed by atoms with E-state index in [1.165, 1.54) is 32.3 Å². The van der Waals surface area contributed by atoms with E-state index < -0.39 is 64.0 Å². The molecule has 2 bridgehead atoms. The number of likely N-dealkylation sites (N-methyl/N-ethyl adjacent to an activating group) is 1. The number of aryl methyl sites for hydroxylation is 1. The lowest BCUT2D eigenvalue weighted by Crippen LogP contribution is -2.48. The highest BCUT2D eigenvalue weighted by atomic mass is 32.1. The molecular weight excluding hydrogens is 629 g/mol. The first kappa shape index (κ1) is 34.8. The maximum Gasteiger partial charge on any atom is 0.443 e. The van der Waals surface area contributed by atoms with Crippen LogP contribution in [-0.2, 0) is 31.9 Å². The predicted molar refractivity (Wildman–Crippen MR) is 162 cm³/mol. The average Bonchev–Trinajstić information content (AvgIpc) is 3.54. The Labute approximate surface area is 266 Å². The van der Waals surface area contributed by atoms with E-state index in [1.54, 1.807) is 0 Å². The molecule has 0 saturated heterocycles. The van der Waals surface area contributed by atoms with Crippen molar-refractivity contribution in [2.24, 2.45) is 16.7 Å². The fraction of sp³-hybridized carbons (Fsp3) is 0.567. The Bertz CT molecular complexity index is 1620. The van der Waals surface area contributed by atoms with Gasteiger partial charge in [-0.1, -0.05) is 20.8 Å². The topological polar surface area (TPSA) is 168 Å². The number of alkyl halides is 3.